The van der Waals surface area contributed by atoms with Gasteiger partial charge in [-0.2, -0.15) is 0 Å². The van der Waals surface area contributed by atoms with E-state index in [1.807, 2.05) is 13.8 Å². The number of carboxylic acids is 1. The van der Waals surface area contributed by atoms with Gasteiger partial charge >= 0.3 is 16.9 Å². The number of rotatable bonds is 6. The molecule has 1 rings (SSSR count). The maximum atomic E-state index is 11.5. The predicted molar refractivity (Wildman–Crippen MR) is 71.2 cm³/mol. The monoisotopic (exact) mass is 287 g/mol. The molecule has 0 aromatic carbocycles. The molecule has 19 heavy (non-hydrogen) atoms. The van der Waals surface area contributed by atoms with Crippen molar-refractivity contribution in [2.24, 2.45) is 5.92 Å². The fourth-order valence-corrected chi connectivity index (χ4v) is 2.06. The lowest BCUT2D eigenvalue weighted by molar-refractivity contribution is -0.139. The molecule has 0 unspecified atom stereocenters. The second-order valence-corrected chi connectivity index (χ2v) is 5.36. The fourth-order valence-electron chi connectivity index (χ4n) is 1.48. The van der Waals surface area contributed by atoms with Crippen LogP contribution in [0.5, 0.6) is 0 Å². The van der Waals surface area contributed by atoms with Crippen molar-refractivity contribution >= 4 is 23.3 Å². The number of carbonyl (C=O) groups is 2. The Morgan fingerprint density at radius 3 is 2.63 bits per heavy atom. The molecule has 0 saturated heterocycles. The van der Waals surface area contributed by atoms with Crippen molar-refractivity contribution in [3.8, 4) is 0 Å². The number of carboxylic acid groups (broad SMARTS) is 1. The number of aromatic nitrogens is 1. The molecule has 2 amide bonds. The highest BCUT2D eigenvalue weighted by molar-refractivity contribution is 7.07. The third-order valence-electron chi connectivity index (χ3n) is 2.32. The van der Waals surface area contributed by atoms with Crippen molar-refractivity contribution in [2.75, 3.05) is 0 Å². The van der Waals surface area contributed by atoms with Crippen LogP contribution in [0.25, 0.3) is 0 Å². The van der Waals surface area contributed by atoms with Crippen LogP contribution in [0.15, 0.2) is 10.2 Å². The Hall–Kier alpha value is -1.83. The van der Waals surface area contributed by atoms with Crippen LogP contribution in [0.1, 0.15) is 26.0 Å². The highest BCUT2D eigenvalue weighted by Crippen LogP contribution is 2.04. The quantitative estimate of drug-likeness (QED) is 0.618. The first-order valence-electron chi connectivity index (χ1n) is 5.82. The Morgan fingerprint density at radius 2 is 2.16 bits per heavy atom. The number of urea groups is 1. The molecular weight excluding hydrogens is 270 g/mol. The van der Waals surface area contributed by atoms with Crippen LogP contribution in [-0.4, -0.2) is 28.1 Å². The van der Waals surface area contributed by atoms with Crippen LogP contribution < -0.4 is 15.5 Å². The van der Waals surface area contributed by atoms with Crippen LogP contribution in [-0.2, 0) is 11.3 Å². The number of aliphatic carboxylic acids is 1. The molecule has 1 heterocycles. The van der Waals surface area contributed by atoms with E-state index in [2.05, 4.69) is 15.6 Å². The molecule has 0 spiro atoms. The van der Waals surface area contributed by atoms with Crippen molar-refractivity contribution in [1.29, 1.82) is 0 Å². The van der Waals surface area contributed by atoms with Gasteiger partial charge in [-0.1, -0.05) is 25.2 Å². The lowest BCUT2D eigenvalue weighted by Crippen LogP contribution is -2.46. The maximum Gasteiger partial charge on any atom is 0.326 e. The van der Waals surface area contributed by atoms with Crippen molar-refractivity contribution in [1.82, 2.24) is 15.6 Å². The third kappa shape index (κ3) is 5.56. The van der Waals surface area contributed by atoms with E-state index in [0.29, 0.717) is 12.1 Å². The van der Waals surface area contributed by atoms with Crippen LogP contribution in [0, 0.1) is 5.92 Å². The van der Waals surface area contributed by atoms with Gasteiger partial charge in [0, 0.05) is 11.1 Å². The van der Waals surface area contributed by atoms with Crippen LogP contribution >= 0.6 is 11.3 Å². The molecule has 7 nitrogen and oxygen atoms in total. The zero-order valence-electron chi connectivity index (χ0n) is 10.7. The van der Waals surface area contributed by atoms with Crippen molar-refractivity contribution < 1.29 is 14.7 Å². The summed E-state index contributed by atoms with van der Waals surface area (Å²) in [7, 11) is 0. The highest BCUT2D eigenvalue weighted by Gasteiger charge is 2.20. The van der Waals surface area contributed by atoms with Crippen molar-refractivity contribution in [3.05, 3.63) is 20.7 Å². The van der Waals surface area contributed by atoms with Gasteiger partial charge < -0.3 is 20.7 Å². The van der Waals surface area contributed by atoms with Gasteiger partial charge in [-0.15, -0.1) is 0 Å². The first kappa shape index (κ1) is 15.2. The number of aromatic amines is 1. The number of hydrogen-bond donors (Lipinski definition) is 4. The Morgan fingerprint density at radius 1 is 1.47 bits per heavy atom. The average Bonchev–Trinajstić information content (AvgIpc) is 2.71. The summed E-state index contributed by atoms with van der Waals surface area (Å²) in [5.41, 5.74) is 0.584. The molecule has 0 saturated carbocycles. The number of nitrogens with one attached hydrogen (secondary N) is 3. The first-order valence-corrected chi connectivity index (χ1v) is 6.70. The zero-order chi connectivity index (χ0) is 14.4. The molecule has 1 aromatic rings. The van der Waals surface area contributed by atoms with E-state index >= 15 is 0 Å². The van der Waals surface area contributed by atoms with E-state index in [-0.39, 0.29) is 17.3 Å². The molecular formula is C11H17N3O4S. The maximum absolute atomic E-state index is 11.5. The third-order valence-corrected chi connectivity index (χ3v) is 3.04. The number of amides is 2. The molecule has 0 fully saturated rings. The Balaban J connectivity index is 2.44. The largest absolute Gasteiger partial charge is 0.480 e. The number of carbonyl (C=O) groups excluding carboxylic acids is 1. The normalized spacial score (nSPS) is 12.2. The van der Waals surface area contributed by atoms with Gasteiger partial charge in [0.15, 0.2) is 0 Å². The Labute approximate surface area is 114 Å². The number of hydrogen-bond acceptors (Lipinski definition) is 4. The summed E-state index contributed by atoms with van der Waals surface area (Å²) in [5.74, 6) is -0.901. The number of H-pyrrole nitrogens is 1. The van der Waals surface area contributed by atoms with E-state index < -0.39 is 18.0 Å². The summed E-state index contributed by atoms with van der Waals surface area (Å²) in [4.78, 5) is 35.7. The highest BCUT2D eigenvalue weighted by atomic mass is 32.1. The van der Waals surface area contributed by atoms with Crippen LogP contribution in [0.4, 0.5) is 4.79 Å². The zero-order valence-corrected chi connectivity index (χ0v) is 11.5. The van der Waals surface area contributed by atoms with Gasteiger partial charge in [0.25, 0.3) is 0 Å². The number of thiazole rings is 1. The molecule has 0 aliphatic rings. The minimum absolute atomic E-state index is 0.151. The smallest absolute Gasteiger partial charge is 0.326 e. The SMILES string of the molecule is CC(C)C[C@@H](NC(=O)NCc1csc(=O)[nH]1)C(=O)O. The molecule has 0 bridgehead atoms. The van der Waals surface area contributed by atoms with E-state index in [0.717, 1.165) is 11.3 Å². The van der Waals surface area contributed by atoms with E-state index in [1.54, 1.807) is 5.38 Å². The van der Waals surface area contributed by atoms with E-state index in [1.165, 1.54) is 0 Å². The van der Waals surface area contributed by atoms with E-state index in [4.69, 9.17) is 5.11 Å². The molecule has 0 radical (unpaired) electrons. The van der Waals surface area contributed by atoms with Gasteiger partial charge in [-0.05, 0) is 12.3 Å². The second kappa shape index (κ2) is 6.93. The van der Waals surface area contributed by atoms with Gasteiger partial charge in [0.05, 0.1) is 6.54 Å². The van der Waals surface area contributed by atoms with Crippen LogP contribution in [0.3, 0.4) is 0 Å². The summed E-state index contributed by atoms with van der Waals surface area (Å²) < 4.78 is 0. The molecule has 4 N–H and O–H groups in total. The first-order chi connectivity index (χ1) is 8.88. The van der Waals surface area contributed by atoms with Crippen LogP contribution in [0.2, 0.25) is 0 Å². The Bertz CT molecular complexity index is 494. The van der Waals surface area contributed by atoms with Gasteiger partial charge in [-0.25, -0.2) is 9.59 Å². The standard InChI is InChI=1S/C11H17N3O4S/c1-6(2)3-8(9(15)16)14-10(17)12-4-7-5-19-11(18)13-7/h5-6,8H,3-4H2,1-2H3,(H,13,18)(H,15,16)(H2,12,14,17)/t8-/m1/s1. The molecule has 8 heteroatoms. The molecule has 0 aliphatic heterocycles. The topological polar surface area (TPSA) is 111 Å². The average molecular weight is 287 g/mol. The molecule has 1 atom stereocenters. The summed E-state index contributed by atoms with van der Waals surface area (Å²) in [6.07, 6.45) is 0.359. The second-order valence-electron chi connectivity index (χ2n) is 4.52. The fraction of sp³-hybridized carbons (Fsp3) is 0.545. The molecule has 0 aliphatic carbocycles. The summed E-state index contributed by atoms with van der Waals surface area (Å²) in [6.45, 7) is 3.91. The Kier molecular flexibility index (Phi) is 5.56. The van der Waals surface area contributed by atoms with Gasteiger partial charge in [0.2, 0.25) is 0 Å². The lowest BCUT2D eigenvalue weighted by atomic mass is 10.0. The lowest BCUT2D eigenvalue weighted by Gasteiger charge is -2.16. The molecule has 1 aromatic heterocycles. The van der Waals surface area contributed by atoms with E-state index in [9.17, 15) is 14.4 Å². The molecule has 106 valence electrons. The minimum Gasteiger partial charge on any atom is -0.480 e. The predicted octanol–water partition coefficient (Wildman–Crippen LogP) is 0.735. The van der Waals surface area contributed by atoms with Crippen molar-refractivity contribution in [2.45, 2.75) is 32.9 Å². The minimum atomic E-state index is -1.06. The van der Waals surface area contributed by atoms with Gasteiger partial charge in [-0.3, -0.25) is 4.79 Å². The summed E-state index contributed by atoms with van der Waals surface area (Å²) in [6, 6.07) is -1.48. The summed E-state index contributed by atoms with van der Waals surface area (Å²) >= 11 is 1.01. The van der Waals surface area contributed by atoms with Gasteiger partial charge in [0.1, 0.15) is 6.04 Å². The van der Waals surface area contributed by atoms with Crippen molar-refractivity contribution in [3.63, 3.8) is 0 Å². The summed E-state index contributed by atoms with van der Waals surface area (Å²) in [5, 5.41) is 15.5.